The summed E-state index contributed by atoms with van der Waals surface area (Å²) in [6.07, 6.45) is 0. The van der Waals surface area contributed by atoms with Gasteiger partial charge in [-0.15, -0.1) is 0 Å². The van der Waals surface area contributed by atoms with Crippen molar-refractivity contribution in [2.24, 2.45) is 0 Å². The number of aromatic nitrogens is 2. The van der Waals surface area contributed by atoms with Crippen LogP contribution in [0, 0.1) is 13.8 Å². The van der Waals surface area contributed by atoms with Crippen molar-refractivity contribution in [3.05, 3.63) is 76.4 Å². The summed E-state index contributed by atoms with van der Waals surface area (Å²) in [5, 5.41) is 11.3. The van der Waals surface area contributed by atoms with Gasteiger partial charge in [-0.3, -0.25) is 4.79 Å². The zero-order chi connectivity index (χ0) is 19.4. The number of anilines is 1. The summed E-state index contributed by atoms with van der Waals surface area (Å²) in [4.78, 5) is 12.4. The van der Waals surface area contributed by atoms with E-state index in [9.17, 15) is 4.79 Å². The first kappa shape index (κ1) is 19.1. The van der Waals surface area contributed by atoms with Crippen LogP contribution in [-0.4, -0.2) is 22.2 Å². The van der Waals surface area contributed by atoms with E-state index in [1.807, 2.05) is 75.4 Å². The number of rotatable bonds is 6. The van der Waals surface area contributed by atoms with E-state index in [0.29, 0.717) is 10.8 Å². The summed E-state index contributed by atoms with van der Waals surface area (Å²) in [5.41, 5.74) is 4.00. The number of nitrogens with one attached hydrogen (secondary N) is 2. The minimum absolute atomic E-state index is 0.0387. The van der Waals surface area contributed by atoms with Gasteiger partial charge in [-0.25, -0.2) is 4.68 Å². The molecule has 5 nitrogen and oxygen atoms in total. The van der Waals surface area contributed by atoms with Gasteiger partial charge in [-0.1, -0.05) is 41.4 Å². The first-order valence-corrected chi connectivity index (χ1v) is 9.22. The SMILES string of the molecule is Cc1ccc(-n2nc(C)cc2NC(=O)CN[C@H](C)c2ccc(Cl)cc2)cc1. The molecule has 140 valence electrons. The lowest BCUT2D eigenvalue weighted by Gasteiger charge is -2.15. The van der Waals surface area contributed by atoms with Crippen molar-refractivity contribution in [3.8, 4) is 5.69 Å². The minimum atomic E-state index is -0.121. The molecule has 1 heterocycles. The molecule has 6 heteroatoms. The van der Waals surface area contributed by atoms with E-state index in [0.717, 1.165) is 16.9 Å². The molecule has 2 N–H and O–H groups in total. The van der Waals surface area contributed by atoms with Crippen molar-refractivity contribution in [2.45, 2.75) is 26.8 Å². The molecule has 1 aromatic heterocycles. The van der Waals surface area contributed by atoms with Gasteiger partial charge in [0.25, 0.3) is 0 Å². The Morgan fingerprint density at radius 2 is 1.78 bits per heavy atom. The van der Waals surface area contributed by atoms with E-state index in [1.165, 1.54) is 5.56 Å². The summed E-state index contributed by atoms with van der Waals surface area (Å²) in [7, 11) is 0. The molecular formula is C21H23ClN4O. The van der Waals surface area contributed by atoms with Crippen molar-refractivity contribution >= 4 is 23.3 Å². The van der Waals surface area contributed by atoms with E-state index in [2.05, 4.69) is 15.7 Å². The Hall–Kier alpha value is -2.63. The molecule has 1 atom stereocenters. The molecule has 1 amide bonds. The van der Waals surface area contributed by atoms with E-state index in [-0.39, 0.29) is 18.5 Å². The maximum Gasteiger partial charge on any atom is 0.239 e. The first-order chi connectivity index (χ1) is 12.9. The van der Waals surface area contributed by atoms with Gasteiger partial charge in [0.1, 0.15) is 5.82 Å². The Balaban J connectivity index is 1.64. The Morgan fingerprint density at radius 3 is 2.44 bits per heavy atom. The maximum atomic E-state index is 12.4. The quantitative estimate of drug-likeness (QED) is 0.663. The van der Waals surface area contributed by atoms with Crippen LogP contribution >= 0.6 is 11.6 Å². The number of carbonyl (C=O) groups is 1. The van der Waals surface area contributed by atoms with Crippen LogP contribution in [0.2, 0.25) is 5.02 Å². The summed E-state index contributed by atoms with van der Waals surface area (Å²) in [6.45, 7) is 6.15. The highest BCUT2D eigenvalue weighted by Gasteiger charge is 2.12. The zero-order valence-electron chi connectivity index (χ0n) is 15.7. The van der Waals surface area contributed by atoms with Gasteiger partial charge in [-0.05, 0) is 50.6 Å². The number of nitrogens with zero attached hydrogens (tertiary/aromatic N) is 2. The Kier molecular flexibility index (Phi) is 5.94. The van der Waals surface area contributed by atoms with Crippen LogP contribution in [0.25, 0.3) is 5.69 Å². The summed E-state index contributed by atoms with van der Waals surface area (Å²) >= 11 is 5.92. The van der Waals surface area contributed by atoms with Gasteiger partial charge < -0.3 is 10.6 Å². The lowest BCUT2D eigenvalue weighted by molar-refractivity contribution is -0.115. The highest BCUT2D eigenvalue weighted by molar-refractivity contribution is 6.30. The molecule has 0 spiro atoms. The van der Waals surface area contributed by atoms with Crippen LogP contribution in [0.3, 0.4) is 0 Å². The number of carbonyl (C=O) groups excluding carboxylic acids is 1. The first-order valence-electron chi connectivity index (χ1n) is 8.85. The second-order valence-electron chi connectivity index (χ2n) is 6.62. The van der Waals surface area contributed by atoms with Crippen LogP contribution in [0.4, 0.5) is 5.82 Å². The molecule has 27 heavy (non-hydrogen) atoms. The Morgan fingerprint density at radius 1 is 1.11 bits per heavy atom. The second kappa shape index (κ2) is 8.37. The molecule has 2 aromatic carbocycles. The number of aryl methyl sites for hydroxylation is 2. The molecule has 3 rings (SSSR count). The molecule has 0 aliphatic heterocycles. The highest BCUT2D eigenvalue weighted by Crippen LogP contribution is 2.18. The van der Waals surface area contributed by atoms with E-state index in [4.69, 9.17) is 11.6 Å². The number of benzene rings is 2. The summed E-state index contributed by atoms with van der Waals surface area (Å²) < 4.78 is 1.75. The number of hydrogen-bond acceptors (Lipinski definition) is 3. The van der Waals surface area contributed by atoms with E-state index < -0.39 is 0 Å². The van der Waals surface area contributed by atoms with Gasteiger partial charge in [0.05, 0.1) is 17.9 Å². The third kappa shape index (κ3) is 4.96. The third-order valence-corrected chi connectivity index (χ3v) is 4.57. The third-order valence-electron chi connectivity index (χ3n) is 4.32. The van der Waals surface area contributed by atoms with E-state index in [1.54, 1.807) is 4.68 Å². The van der Waals surface area contributed by atoms with Crippen molar-refractivity contribution in [2.75, 3.05) is 11.9 Å². The van der Waals surface area contributed by atoms with Gasteiger partial charge in [0.15, 0.2) is 0 Å². The highest BCUT2D eigenvalue weighted by atomic mass is 35.5. The number of halogens is 1. The number of amides is 1. The topological polar surface area (TPSA) is 59.0 Å². The fourth-order valence-electron chi connectivity index (χ4n) is 2.77. The maximum absolute atomic E-state index is 12.4. The Labute approximate surface area is 164 Å². The molecule has 0 saturated heterocycles. The van der Waals surface area contributed by atoms with Crippen LogP contribution in [0.5, 0.6) is 0 Å². The largest absolute Gasteiger partial charge is 0.309 e. The van der Waals surface area contributed by atoms with Crippen LogP contribution in [0.15, 0.2) is 54.6 Å². The summed E-state index contributed by atoms with van der Waals surface area (Å²) in [5.74, 6) is 0.534. The number of hydrogen-bond donors (Lipinski definition) is 2. The summed E-state index contributed by atoms with van der Waals surface area (Å²) in [6, 6.07) is 17.5. The van der Waals surface area contributed by atoms with Crippen molar-refractivity contribution < 1.29 is 4.79 Å². The molecule has 0 fully saturated rings. The monoisotopic (exact) mass is 382 g/mol. The lowest BCUT2D eigenvalue weighted by atomic mass is 10.1. The molecule has 0 aliphatic carbocycles. The fraction of sp³-hybridized carbons (Fsp3) is 0.238. The van der Waals surface area contributed by atoms with Crippen molar-refractivity contribution in [1.29, 1.82) is 0 Å². The molecule has 0 saturated carbocycles. The van der Waals surface area contributed by atoms with Crippen molar-refractivity contribution in [1.82, 2.24) is 15.1 Å². The van der Waals surface area contributed by atoms with Gasteiger partial charge in [0.2, 0.25) is 5.91 Å². The van der Waals surface area contributed by atoms with E-state index >= 15 is 0 Å². The van der Waals surface area contributed by atoms with Gasteiger partial charge >= 0.3 is 0 Å². The zero-order valence-corrected chi connectivity index (χ0v) is 16.4. The van der Waals surface area contributed by atoms with Crippen LogP contribution < -0.4 is 10.6 Å². The second-order valence-corrected chi connectivity index (χ2v) is 7.06. The smallest absolute Gasteiger partial charge is 0.239 e. The molecule has 3 aromatic rings. The lowest BCUT2D eigenvalue weighted by Crippen LogP contribution is -2.30. The molecular weight excluding hydrogens is 360 g/mol. The fourth-order valence-corrected chi connectivity index (χ4v) is 2.90. The average Bonchev–Trinajstić information content (AvgIpc) is 3.01. The average molecular weight is 383 g/mol. The van der Waals surface area contributed by atoms with Gasteiger partial charge in [-0.2, -0.15) is 5.10 Å². The predicted octanol–water partition coefficient (Wildman–Crippen LogP) is 4.43. The predicted molar refractivity (Wildman–Crippen MR) is 110 cm³/mol. The van der Waals surface area contributed by atoms with Crippen LogP contribution in [-0.2, 0) is 4.79 Å². The normalized spacial score (nSPS) is 12.0. The van der Waals surface area contributed by atoms with Crippen LogP contribution in [0.1, 0.15) is 29.8 Å². The van der Waals surface area contributed by atoms with Crippen molar-refractivity contribution in [3.63, 3.8) is 0 Å². The minimum Gasteiger partial charge on any atom is -0.309 e. The molecule has 0 radical (unpaired) electrons. The molecule has 0 bridgehead atoms. The van der Waals surface area contributed by atoms with Gasteiger partial charge in [0, 0.05) is 17.1 Å². The Bertz CT molecular complexity index is 916. The standard InChI is InChI=1S/C21H23ClN4O/c1-14-4-10-19(11-5-14)26-20(12-15(2)25-26)24-21(27)13-23-16(3)17-6-8-18(22)9-7-17/h4-12,16,23H,13H2,1-3H3,(H,24,27)/t16-/m1/s1. The molecule has 0 aliphatic rings. The molecule has 0 unspecified atom stereocenters.